The maximum atomic E-state index is 15.1. The van der Waals surface area contributed by atoms with Gasteiger partial charge in [-0.05, 0) is 73.8 Å². The highest BCUT2D eigenvalue weighted by Gasteiger charge is 2.18. The number of benzene rings is 3. The second kappa shape index (κ2) is 13.6. The van der Waals surface area contributed by atoms with E-state index in [9.17, 15) is 9.59 Å². The topological polar surface area (TPSA) is 137 Å². The van der Waals surface area contributed by atoms with E-state index in [-0.39, 0.29) is 18.0 Å². The van der Waals surface area contributed by atoms with Crippen molar-refractivity contribution in [3.05, 3.63) is 77.2 Å². The predicted octanol–water partition coefficient (Wildman–Crippen LogP) is 5.04. The Morgan fingerprint density at radius 3 is 2.58 bits per heavy atom. The maximum Gasteiger partial charge on any atom is 0.313 e. The Hall–Kier alpha value is -4.61. The molecule has 5 N–H and O–H groups in total. The van der Waals surface area contributed by atoms with Gasteiger partial charge in [0.1, 0.15) is 5.75 Å². The Morgan fingerprint density at radius 2 is 1.84 bits per heavy atom. The van der Waals surface area contributed by atoms with Crippen LogP contribution in [0, 0.1) is 11.7 Å². The number of halogens is 2. The molecule has 2 amide bonds. The predicted molar refractivity (Wildman–Crippen MR) is 162 cm³/mol. The first-order valence-corrected chi connectivity index (χ1v) is 14.1. The molecule has 224 valence electrons. The molecule has 0 aliphatic carbocycles. The summed E-state index contributed by atoms with van der Waals surface area (Å²) in [5, 5.41) is 9.25. The molecule has 1 aliphatic rings. The Balaban J connectivity index is 1.24. The van der Waals surface area contributed by atoms with E-state index in [2.05, 4.69) is 20.9 Å². The van der Waals surface area contributed by atoms with Crippen molar-refractivity contribution in [1.29, 1.82) is 0 Å². The summed E-state index contributed by atoms with van der Waals surface area (Å²) in [6.45, 7) is 2.55. The van der Waals surface area contributed by atoms with Gasteiger partial charge in [-0.1, -0.05) is 17.7 Å². The third kappa shape index (κ3) is 7.43. The fourth-order valence-corrected chi connectivity index (χ4v) is 4.88. The number of nitrogens with zero attached hydrogens (tertiary/aromatic N) is 1. The molecule has 0 radical (unpaired) electrons. The third-order valence-electron chi connectivity index (χ3n) is 7.08. The molecule has 1 aliphatic heterocycles. The average molecular weight is 608 g/mol. The number of nitrogen functional groups attached to an aromatic ring is 1. The zero-order valence-electron chi connectivity index (χ0n) is 23.4. The number of ether oxygens (including phenoxy) is 3. The van der Waals surface area contributed by atoms with Crippen LogP contribution in [-0.4, -0.2) is 43.6 Å². The number of hydrogen-bond acceptors (Lipinski definition) is 8. The highest BCUT2D eigenvalue weighted by molar-refractivity contribution is 6.39. The number of hydrogen-bond donors (Lipinski definition) is 4. The van der Waals surface area contributed by atoms with Crippen molar-refractivity contribution >= 4 is 45.7 Å². The molecule has 3 aromatic carbocycles. The molecule has 1 saturated heterocycles. The second-order valence-corrected chi connectivity index (χ2v) is 10.5. The van der Waals surface area contributed by atoms with Crippen LogP contribution in [0.5, 0.6) is 23.0 Å². The number of methoxy groups -OCH3 is 1. The number of aromatic nitrogens is 1. The standard InChI is InChI=1S/C31H31ClFN5O5/c1-41-28-14-22-25(15-29(28)42-17-18-6-9-35-10-7-18)36-11-8-26(22)43-27-5-4-21(13-23(27)33)38-31(40)30(39)37-16-19-2-3-20(32)12-24(19)34/h2-5,8,11-15,18,35H,6-7,9-10,16-17,34H2,1H3,(H,37,39)(H,38,40). The van der Waals surface area contributed by atoms with E-state index in [1.807, 2.05) is 0 Å². The molecule has 5 rings (SSSR count). The van der Waals surface area contributed by atoms with E-state index in [0.717, 1.165) is 32.0 Å². The van der Waals surface area contributed by atoms with Crippen LogP contribution in [0.25, 0.3) is 10.9 Å². The molecule has 1 fully saturated rings. The molecule has 0 bridgehead atoms. The molecule has 0 saturated carbocycles. The Kier molecular flexibility index (Phi) is 9.43. The van der Waals surface area contributed by atoms with Gasteiger partial charge in [-0.3, -0.25) is 14.6 Å². The molecule has 2 heterocycles. The molecule has 43 heavy (non-hydrogen) atoms. The first kappa shape index (κ1) is 29.9. The zero-order valence-corrected chi connectivity index (χ0v) is 24.2. The first-order valence-electron chi connectivity index (χ1n) is 13.7. The average Bonchev–Trinajstić information content (AvgIpc) is 3.01. The molecule has 0 spiro atoms. The van der Waals surface area contributed by atoms with E-state index in [1.165, 1.54) is 12.1 Å². The summed E-state index contributed by atoms with van der Waals surface area (Å²) in [5.74, 6) is -0.811. The van der Waals surface area contributed by atoms with Gasteiger partial charge in [-0.25, -0.2) is 4.39 Å². The van der Waals surface area contributed by atoms with Crippen LogP contribution in [0.3, 0.4) is 0 Å². The fraction of sp³-hybridized carbons (Fsp3) is 0.258. The number of carbonyl (C=O) groups is 2. The quantitative estimate of drug-likeness (QED) is 0.153. The lowest BCUT2D eigenvalue weighted by atomic mass is 9.99. The van der Waals surface area contributed by atoms with Crippen LogP contribution in [0.15, 0.2) is 60.8 Å². The van der Waals surface area contributed by atoms with Crippen LogP contribution >= 0.6 is 11.6 Å². The van der Waals surface area contributed by atoms with Gasteiger partial charge < -0.3 is 35.9 Å². The number of nitrogens with two attached hydrogens (primary N) is 1. The van der Waals surface area contributed by atoms with Gasteiger partial charge in [0, 0.05) is 46.7 Å². The van der Waals surface area contributed by atoms with Crippen molar-refractivity contribution < 1.29 is 28.2 Å². The van der Waals surface area contributed by atoms with Crippen molar-refractivity contribution in [1.82, 2.24) is 15.6 Å². The van der Waals surface area contributed by atoms with Crippen molar-refractivity contribution in [2.24, 2.45) is 5.92 Å². The van der Waals surface area contributed by atoms with Crippen LogP contribution in [0.1, 0.15) is 18.4 Å². The minimum Gasteiger partial charge on any atom is -0.493 e. The van der Waals surface area contributed by atoms with Crippen LogP contribution in [-0.2, 0) is 16.1 Å². The molecule has 12 heteroatoms. The van der Waals surface area contributed by atoms with E-state index in [4.69, 9.17) is 31.5 Å². The first-order chi connectivity index (χ1) is 20.8. The summed E-state index contributed by atoms with van der Waals surface area (Å²) < 4.78 is 32.6. The fourth-order valence-electron chi connectivity index (χ4n) is 4.70. The number of rotatable bonds is 9. The number of fused-ring (bicyclic) bond motifs is 1. The van der Waals surface area contributed by atoms with Gasteiger partial charge in [0.15, 0.2) is 23.1 Å². The normalized spacial score (nSPS) is 13.4. The van der Waals surface area contributed by atoms with Gasteiger partial charge in [0.25, 0.3) is 0 Å². The van der Waals surface area contributed by atoms with Gasteiger partial charge >= 0.3 is 11.8 Å². The number of pyridine rings is 1. The Morgan fingerprint density at radius 1 is 1.02 bits per heavy atom. The van der Waals surface area contributed by atoms with Gasteiger partial charge in [-0.2, -0.15) is 0 Å². The van der Waals surface area contributed by atoms with Crippen LogP contribution < -0.4 is 35.9 Å². The van der Waals surface area contributed by atoms with E-state index >= 15 is 4.39 Å². The minimum atomic E-state index is -0.967. The molecule has 10 nitrogen and oxygen atoms in total. The summed E-state index contributed by atoms with van der Waals surface area (Å²) in [6.07, 6.45) is 3.66. The SMILES string of the molecule is COc1cc2c(Oc3ccc(NC(=O)C(=O)NCc4ccc(Cl)cc4N)cc3F)ccnc2cc1OCC1CCNCC1. The van der Waals surface area contributed by atoms with Crippen LogP contribution in [0.2, 0.25) is 5.02 Å². The number of amides is 2. The maximum absolute atomic E-state index is 15.1. The van der Waals surface area contributed by atoms with Gasteiger partial charge in [0.2, 0.25) is 0 Å². The lowest BCUT2D eigenvalue weighted by Crippen LogP contribution is -2.35. The highest BCUT2D eigenvalue weighted by Crippen LogP contribution is 2.38. The zero-order chi connectivity index (χ0) is 30.3. The van der Waals surface area contributed by atoms with E-state index < -0.39 is 17.6 Å². The number of carbonyl (C=O) groups excluding carboxylic acids is 2. The molecule has 4 aromatic rings. The summed E-state index contributed by atoms with van der Waals surface area (Å²) >= 11 is 5.88. The van der Waals surface area contributed by atoms with E-state index in [1.54, 1.807) is 49.7 Å². The third-order valence-corrected chi connectivity index (χ3v) is 7.32. The van der Waals surface area contributed by atoms with Gasteiger partial charge in [0.05, 0.1) is 19.2 Å². The largest absolute Gasteiger partial charge is 0.493 e. The van der Waals surface area contributed by atoms with Gasteiger partial charge in [-0.15, -0.1) is 0 Å². The molecular formula is C31H31ClFN5O5. The molecule has 0 unspecified atom stereocenters. The Bertz CT molecular complexity index is 1650. The summed E-state index contributed by atoms with van der Waals surface area (Å²) in [7, 11) is 1.55. The smallest absolute Gasteiger partial charge is 0.313 e. The van der Waals surface area contributed by atoms with Crippen LogP contribution in [0.4, 0.5) is 15.8 Å². The highest BCUT2D eigenvalue weighted by atomic mass is 35.5. The number of anilines is 2. The van der Waals surface area contributed by atoms with Crippen molar-refractivity contribution in [2.75, 3.05) is 37.9 Å². The summed E-state index contributed by atoms with van der Waals surface area (Å²) in [6, 6.07) is 13.8. The second-order valence-electron chi connectivity index (χ2n) is 10.1. The Labute approximate surface area is 252 Å². The lowest BCUT2D eigenvalue weighted by molar-refractivity contribution is -0.136. The molecular weight excluding hydrogens is 577 g/mol. The van der Waals surface area contributed by atoms with Crippen molar-refractivity contribution in [3.8, 4) is 23.0 Å². The minimum absolute atomic E-state index is 0.0208. The lowest BCUT2D eigenvalue weighted by Gasteiger charge is -2.23. The monoisotopic (exact) mass is 607 g/mol. The molecule has 1 aromatic heterocycles. The van der Waals surface area contributed by atoms with Crippen molar-refractivity contribution in [2.45, 2.75) is 19.4 Å². The summed E-state index contributed by atoms with van der Waals surface area (Å²) in [5.41, 5.74) is 7.52. The molecule has 0 atom stereocenters. The van der Waals surface area contributed by atoms with Crippen molar-refractivity contribution in [3.63, 3.8) is 0 Å². The number of nitrogens with one attached hydrogen (secondary N) is 3. The van der Waals surface area contributed by atoms with E-state index in [0.29, 0.717) is 56.9 Å². The number of piperidine rings is 1. The summed E-state index contributed by atoms with van der Waals surface area (Å²) in [4.78, 5) is 29.1.